The molecule has 0 saturated carbocycles. The summed E-state index contributed by atoms with van der Waals surface area (Å²) in [6, 6.07) is 4.86. The second-order valence-electron chi connectivity index (χ2n) is 4.46. The topological polar surface area (TPSA) is 70.1 Å². The van der Waals surface area contributed by atoms with Gasteiger partial charge in [-0.15, -0.1) is 0 Å². The van der Waals surface area contributed by atoms with E-state index in [0.717, 1.165) is 22.3 Å². The quantitative estimate of drug-likeness (QED) is 0.660. The second kappa shape index (κ2) is 6.49. The van der Waals surface area contributed by atoms with Crippen LogP contribution in [0.15, 0.2) is 22.7 Å². The number of ether oxygens (including phenoxy) is 1. The Morgan fingerprint density at radius 1 is 1.52 bits per heavy atom. The molecular formula is C14H15BrClN3O2. The molecule has 0 saturated heterocycles. The third-order valence-corrected chi connectivity index (χ3v) is 4.36. The zero-order valence-corrected chi connectivity index (χ0v) is 14.0. The van der Waals surface area contributed by atoms with Crippen molar-refractivity contribution in [1.82, 2.24) is 9.78 Å². The molecule has 0 aliphatic carbocycles. The Morgan fingerprint density at radius 3 is 2.86 bits per heavy atom. The monoisotopic (exact) mass is 371 g/mol. The number of halogens is 2. The van der Waals surface area contributed by atoms with Crippen LogP contribution < -0.4 is 5.73 Å². The first-order valence-electron chi connectivity index (χ1n) is 6.37. The summed E-state index contributed by atoms with van der Waals surface area (Å²) in [7, 11) is 1.81. The zero-order chi connectivity index (χ0) is 15.6. The highest BCUT2D eigenvalue weighted by Crippen LogP contribution is 2.25. The molecule has 1 aromatic carbocycles. The Bertz CT molecular complexity index is 685. The lowest BCUT2D eigenvalue weighted by Crippen LogP contribution is -2.10. The van der Waals surface area contributed by atoms with E-state index in [9.17, 15) is 4.79 Å². The number of aryl methyl sites for hydroxylation is 2. The van der Waals surface area contributed by atoms with Crippen LogP contribution in [0.4, 0.5) is 5.69 Å². The summed E-state index contributed by atoms with van der Waals surface area (Å²) < 4.78 is 7.85. The lowest BCUT2D eigenvalue weighted by molar-refractivity contribution is 0.0464. The van der Waals surface area contributed by atoms with Crippen LogP contribution in [-0.2, 0) is 24.8 Å². The average molecular weight is 373 g/mol. The third-order valence-electron chi connectivity index (χ3n) is 3.12. The Kier molecular flexibility index (Phi) is 4.90. The fourth-order valence-electron chi connectivity index (χ4n) is 1.90. The molecule has 2 aromatic rings. The molecule has 0 bridgehead atoms. The number of rotatable bonds is 4. The second-order valence-corrected chi connectivity index (χ2v) is 5.66. The molecule has 0 spiro atoms. The van der Waals surface area contributed by atoms with E-state index in [1.165, 1.54) is 0 Å². The summed E-state index contributed by atoms with van der Waals surface area (Å²) >= 11 is 9.37. The minimum absolute atomic E-state index is 0.106. The van der Waals surface area contributed by atoms with Crippen molar-refractivity contribution in [3.63, 3.8) is 0 Å². The highest BCUT2D eigenvalue weighted by molar-refractivity contribution is 9.10. The zero-order valence-electron chi connectivity index (χ0n) is 11.7. The number of aromatic nitrogens is 2. The van der Waals surface area contributed by atoms with Crippen LogP contribution in [-0.4, -0.2) is 15.7 Å². The first kappa shape index (κ1) is 15.9. The van der Waals surface area contributed by atoms with Crippen LogP contribution in [0.3, 0.4) is 0 Å². The molecule has 1 aromatic heterocycles. The number of esters is 1. The number of para-hydroxylation sites is 1. The molecule has 112 valence electrons. The normalized spacial score (nSPS) is 10.7. The molecule has 0 radical (unpaired) electrons. The Balaban J connectivity index is 2.15. The molecule has 0 fully saturated rings. The van der Waals surface area contributed by atoms with Gasteiger partial charge in [-0.05, 0) is 34.5 Å². The van der Waals surface area contributed by atoms with Crippen LogP contribution in [0.1, 0.15) is 28.7 Å². The fraction of sp³-hybridized carbons (Fsp3) is 0.286. The van der Waals surface area contributed by atoms with Gasteiger partial charge in [0.05, 0.1) is 32.1 Å². The van der Waals surface area contributed by atoms with E-state index in [1.807, 2.05) is 6.92 Å². The van der Waals surface area contributed by atoms with E-state index in [4.69, 9.17) is 22.1 Å². The van der Waals surface area contributed by atoms with Gasteiger partial charge in [0, 0.05) is 7.05 Å². The predicted octanol–water partition coefficient (Wildman–Crippen LogP) is 3.34. The van der Waals surface area contributed by atoms with Gasteiger partial charge in [0.2, 0.25) is 0 Å². The van der Waals surface area contributed by atoms with Gasteiger partial charge in [0.25, 0.3) is 0 Å². The van der Waals surface area contributed by atoms with Crippen molar-refractivity contribution < 1.29 is 9.53 Å². The number of nitrogen functional groups attached to an aromatic ring is 1. The summed E-state index contributed by atoms with van der Waals surface area (Å²) in [5, 5.41) is 4.68. The maximum Gasteiger partial charge on any atom is 0.340 e. The first-order valence-corrected chi connectivity index (χ1v) is 7.54. The van der Waals surface area contributed by atoms with Crippen molar-refractivity contribution in [2.24, 2.45) is 7.05 Å². The molecule has 0 amide bonds. The molecule has 0 aliphatic heterocycles. The van der Waals surface area contributed by atoms with Crippen LogP contribution in [0, 0.1) is 0 Å². The minimum Gasteiger partial charge on any atom is -0.455 e. The van der Waals surface area contributed by atoms with E-state index in [-0.39, 0.29) is 17.9 Å². The van der Waals surface area contributed by atoms with Gasteiger partial charge in [-0.25, -0.2) is 4.79 Å². The molecule has 0 atom stereocenters. The SMILES string of the molecule is CCc1nn(C)c(COC(=O)c2cccc(Cl)c2N)c1Br. The number of hydrogen-bond acceptors (Lipinski definition) is 4. The maximum absolute atomic E-state index is 12.1. The van der Waals surface area contributed by atoms with E-state index < -0.39 is 5.97 Å². The van der Waals surface area contributed by atoms with Crippen molar-refractivity contribution in [3.05, 3.63) is 44.6 Å². The minimum atomic E-state index is -0.513. The molecule has 0 unspecified atom stereocenters. The average Bonchev–Trinajstić information content (AvgIpc) is 2.74. The molecule has 5 nitrogen and oxygen atoms in total. The first-order chi connectivity index (χ1) is 9.95. The van der Waals surface area contributed by atoms with Gasteiger partial charge < -0.3 is 10.5 Å². The molecule has 7 heteroatoms. The smallest absolute Gasteiger partial charge is 0.340 e. The summed E-state index contributed by atoms with van der Waals surface area (Å²) in [6.07, 6.45) is 0.795. The van der Waals surface area contributed by atoms with Crippen LogP contribution >= 0.6 is 27.5 Å². The number of carbonyl (C=O) groups is 1. The van der Waals surface area contributed by atoms with Crippen molar-refractivity contribution in [3.8, 4) is 0 Å². The third kappa shape index (κ3) is 3.22. The van der Waals surface area contributed by atoms with Crippen molar-refractivity contribution >= 4 is 39.2 Å². The molecular weight excluding hydrogens is 358 g/mol. The number of nitrogens with two attached hydrogens (primary N) is 1. The van der Waals surface area contributed by atoms with Crippen LogP contribution in [0.25, 0.3) is 0 Å². The predicted molar refractivity (Wildman–Crippen MR) is 85.3 cm³/mol. The molecule has 0 aliphatic rings. The Labute approximate surface area is 136 Å². The largest absolute Gasteiger partial charge is 0.455 e. The van der Waals surface area contributed by atoms with Gasteiger partial charge >= 0.3 is 5.97 Å². The highest BCUT2D eigenvalue weighted by atomic mass is 79.9. The number of hydrogen-bond donors (Lipinski definition) is 1. The van der Waals surface area contributed by atoms with E-state index in [1.54, 1.807) is 29.9 Å². The van der Waals surface area contributed by atoms with Gasteiger partial charge in [0.1, 0.15) is 6.61 Å². The summed E-state index contributed by atoms with van der Waals surface area (Å²) in [6.45, 7) is 2.12. The number of benzene rings is 1. The van der Waals surface area contributed by atoms with Crippen molar-refractivity contribution in [2.75, 3.05) is 5.73 Å². The van der Waals surface area contributed by atoms with Crippen molar-refractivity contribution in [2.45, 2.75) is 20.0 Å². The van der Waals surface area contributed by atoms with Crippen molar-refractivity contribution in [1.29, 1.82) is 0 Å². The number of nitrogens with zero attached hydrogens (tertiary/aromatic N) is 2. The molecule has 2 N–H and O–H groups in total. The van der Waals surface area contributed by atoms with Crippen LogP contribution in [0.5, 0.6) is 0 Å². The van der Waals surface area contributed by atoms with Gasteiger partial charge in [-0.3, -0.25) is 4.68 Å². The fourth-order valence-corrected chi connectivity index (χ4v) is 2.81. The van der Waals surface area contributed by atoms with Crippen LogP contribution in [0.2, 0.25) is 5.02 Å². The standard InChI is InChI=1S/C14H15BrClN3O2/c1-3-10-12(15)11(19(2)18-10)7-21-14(20)8-5-4-6-9(16)13(8)17/h4-6H,3,7,17H2,1-2H3. The summed E-state index contributed by atoms with van der Waals surface area (Å²) in [5.41, 5.74) is 7.98. The molecule has 2 rings (SSSR count). The molecule has 1 heterocycles. The van der Waals surface area contributed by atoms with E-state index >= 15 is 0 Å². The van der Waals surface area contributed by atoms with E-state index in [0.29, 0.717) is 5.02 Å². The number of anilines is 1. The van der Waals surface area contributed by atoms with E-state index in [2.05, 4.69) is 21.0 Å². The van der Waals surface area contributed by atoms with Gasteiger partial charge in [0.15, 0.2) is 0 Å². The Hall–Kier alpha value is -1.53. The summed E-state index contributed by atoms with van der Waals surface area (Å²) in [5.74, 6) is -0.513. The molecule has 21 heavy (non-hydrogen) atoms. The lowest BCUT2D eigenvalue weighted by Gasteiger charge is -2.08. The van der Waals surface area contributed by atoms with Gasteiger partial charge in [-0.1, -0.05) is 24.6 Å². The highest BCUT2D eigenvalue weighted by Gasteiger charge is 2.17. The van der Waals surface area contributed by atoms with Gasteiger partial charge in [-0.2, -0.15) is 5.10 Å². The number of carbonyl (C=O) groups excluding carboxylic acids is 1. The lowest BCUT2D eigenvalue weighted by atomic mass is 10.2. The summed E-state index contributed by atoms with van der Waals surface area (Å²) in [4.78, 5) is 12.1. The Morgan fingerprint density at radius 2 is 2.24 bits per heavy atom. The maximum atomic E-state index is 12.1.